The zero-order chi connectivity index (χ0) is 24.0. The van der Waals surface area contributed by atoms with Gasteiger partial charge in [0.1, 0.15) is 18.0 Å². The molecule has 174 valence electrons. The van der Waals surface area contributed by atoms with Crippen LogP contribution in [0.4, 0.5) is 11.4 Å². The van der Waals surface area contributed by atoms with Crippen LogP contribution in [0.1, 0.15) is 13.8 Å². The van der Waals surface area contributed by atoms with Crippen LogP contribution in [0.15, 0.2) is 77.7 Å². The number of nitrogens with zero attached hydrogens (tertiary/aromatic N) is 1. The normalized spacial score (nSPS) is 11.2. The fourth-order valence-electron chi connectivity index (χ4n) is 3.02. The van der Waals surface area contributed by atoms with Crippen LogP contribution in [-0.4, -0.2) is 34.1 Å². The maximum atomic E-state index is 13.4. The van der Waals surface area contributed by atoms with Crippen LogP contribution < -0.4 is 19.1 Å². The van der Waals surface area contributed by atoms with Crippen molar-refractivity contribution in [3.8, 4) is 11.5 Å². The van der Waals surface area contributed by atoms with E-state index < -0.39 is 22.5 Å². The van der Waals surface area contributed by atoms with Gasteiger partial charge in [0, 0.05) is 10.7 Å². The minimum absolute atomic E-state index is 0.0289. The van der Waals surface area contributed by atoms with Crippen LogP contribution >= 0.6 is 11.6 Å². The zero-order valence-electron chi connectivity index (χ0n) is 18.5. The zero-order valence-corrected chi connectivity index (χ0v) is 20.1. The number of methoxy groups -OCH3 is 1. The fraction of sp³-hybridized carbons (Fsp3) is 0.208. The Labute approximate surface area is 198 Å². The van der Waals surface area contributed by atoms with E-state index in [0.29, 0.717) is 27.9 Å². The van der Waals surface area contributed by atoms with Gasteiger partial charge in [-0.1, -0.05) is 11.6 Å². The predicted octanol–water partition coefficient (Wildman–Crippen LogP) is 4.97. The number of halogens is 1. The highest BCUT2D eigenvalue weighted by Gasteiger charge is 2.27. The second kappa shape index (κ2) is 10.6. The first kappa shape index (κ1) is 24.4. The van der Waals surface area contributed by atoms with Gasteiger partial charge in [-0.25, -0.2) is 8.42 Å². The van der Waals surface area contributed by atoms with Gasteiger partial charge in [0.2, 0.25) is 5.91 Å². The van der Waals surface area contributed by atoms with Crippen molar-refractivity contribution >= 4 is 38.9 Å². The first-order valence-corrected chi connectivity index (χ1v) is 12.0. The minimum atomic E-state index is -4.05. The molecule has 0 spiro atoms. The Hall–Kier alpha value is -3.23. The molecule has 3 aromatic carbocycles. The summed E-state index contributed by atoms with van der Waals surface area (Å²) in [5.41, 5.74) is 0.833. The quantitative estimate of drug-likeness (QED) is 0.459. The van der Waals surface area contributed by atoms with E-state index in [1.807, 2.05) is 13.8 Å². The fourth-order valence-corrected chi connectivity index (χ4v) is 4.56. The summed E-state index contributed by atoms with van der Waals surface area (Å²) in [5.74, 6) is 0.696. The number of carbonyl (C=O) groups excluding carboxylic acids is 1. The summed E-state index contributed by atoms with van der Waals surface area (Å²) in [5, 5.41) is 3.18. The summed E-state index contributed by atoms with van der Waals surface area (Å²) in [4.78, 5) is 12.8. The largest absolute Gasteiger partial charge is 0.497 e. The molecule has 0 saturated heterocycles. The summed E-state index contributed by atoms with van der Waals surface area (Å²) in [6, 6.07) is 19.1. The Bertz CT molecular complexity index is 1180. The highest BCUT2D eigenvalue weighted by atomic mass is 35.5. The number of ether oxygens (including phenoxy) is 2. The van der Waals surface area contributed by atoms with Gasteiger partial charge >= 0.3 is 0 Å². The SMILES string of the molecule is COc1ccc(S(=O)(=O)N(CC(=O)Nc2ccc(OC(C)C)cc2)c2ccc(Cl)cc2)cc1. The molecule has 7 nitrogen and oxygen atoms in total. The number of anilines is 2. The van der Waals surface area contributed by atoms with Gasteiger partial charge in [-0.05, 0) is 86.6 Å². The van der Waals surface area contributed by atoms with E-state index in [9.17, 15) is 13.2 Å². The summed E-state index contributed by atoms with van der Waals surface area (Å²) < 4.78 is 38.6. The second-order valence-electron chi connectivity index (χ2n) is 7.40. The molecule has 0 radical (unpaired) electrons. The van der Waals surface area contributed by atoms with Crippen LogP contribution in [0.3, 0.4) is 0 Å². The first-order chi connectivity index (χ1) is 15.7. The number of carbonyl (C=O) groups is 1. The maximum absolute atomic E-state index is 13.4. The maximum Gasteiger partial charge on any atom is 0.264 e. The monoisotopic (exact) mass is 488 g/mol. The van der Waals surface area contributed by atoms with Crippen molar-refractivity contribution in [2.75, 3.05) is 23.3 Å². The van der Waals surface area contributed by atoms with Crippen molar-refractivity contribution in [2.45, 2.75) is 24.8 Å². The molecule has 0 atom stereocenters. The molecule has 0 aliphatic heterocycles. The smallest absolute Gasteiger partial charge is 0.264 e. The number of amides is 1. The van der Waals surface area contributed by atoms with Crippen LogP contribution in [0, 0.1) is 0 Å². The van der Waals surface area contributed by atoms with Crippen molar-refractivity contribution in [3.05, 3.63) is 77.8 Å². The van der Waals surface area contributed by atoms with E-state index in [1.165, 1.54) is 19.2 Å². The number of sulfonamides is 1. The minimum Gasteiger partial charge on any atom is -0.497 e. The highest BCUT2D eigenvalue weighted by molar-refractivity contribution is 7.92. The van der Waals surface area contributed by atoms with Crippen LogP contribution in [0.5, 0.6) is 11.5 Å². The molecule has 0 saturated carbocycles. The van der Waals surface area contributed by atoms with E-state index in [0.717, 1.165) is 4.31 Å². The topological polar surface area (TPSA) is 84.9 Å². The van der Waals surface area contributed by atoms with E-state index in [2.05, 4.69) is 5.32 Å². The molecular formula is C24H25ClN2O5S. The third kappa shape index (κ3) is 6.40. The standard InChI is InChI=1S/C24H25ClN2O5S/c1-17(2)32-22-10-6-19(7-11-22)26-24(28)16-27(20-8-4-18(25)5-9-20)33(29,30)23-14-12-21(31-3)13-15-23/h4-15,17H,16H2,1-3H3,(H,26,28). The Morgan fingerprint density at radius 2 is 1.52 bits per heavy atom. The molecule has 3 aromatic rings. The third-order valence-electron chi connectivity index (χ3n) is 4.56. The molecular weight excluding hydrogens is 464 g/mol. The number of hydrogen-bond acceptors (Lipinski definition) is 5. The second-order valence-corrected chi connectivity index (χ2v) is 9.70. The lowest BCUT2D eigenvalue weighted by atomic mass is 10.3. The van der Waals surface area contributed by atoms with Crippen LogP contribution in [0.25, 0.3) is 0 Å². The van der Waals surface area contributed by atoms with Crippen molar-refractivity contribution in [3.63, 3.8) is 0 Å². The highest BCUT2D eigenvalue weighted by Crippen LogP contribution is 2.26. The lowest BCUT2D eigenvalue weighted by Gasteiger charge is -2.24. The van der Waals surface area contributed by atoms with Gasteiger partial charge in [0.15, 0.2) is 0 Å². The Morgan fingerprint density at radius 3 is 2.06 bits per heavy atom. The van der Waals surface area contributed by atoms with Crippen LogP contribution in [0.2, 0.25) is 5.02 Å². The number of benzene rings is 3. The van der Waals surface area contributed by atoms with Crippen molar-refractivity contribution in [1.82, 2.24) is 0 Å². The van der Waals surface area contributed by atoms with Gasteiger partial charge in [-0.15, -0.1) is 0 Å². The van der Waals surface area contributed by atoms with E-state index in [4.69, 9.17) is 21.1 Å². The first-order valence-electron chi connectivity index (χ1n) is 10.2. The molecule has 0 bridgehead atoms. The molecule has 0 aromatic heterocycles. The van der Waals surface area contributed by atoms with Gasteiger partial charge < -0.3 is 14.8 Å². The molecule has 3 rings (SSSR count). The van der Waals surface area contributed by atoms with E-state index in [-0.39, 0.29) is 11.0 Å². The number of nitrogens with one attached hydrogen (secondary N) is 1. The summed E-state index contributed by atoms with van der Waals surface area (Å²) in [7, 11) is -2.55. The van der Waals surface area contributed by atoms with Gasteiger partial charge in [0.25, 0.3) is 10.0 Å². The summed E-state index contributed by atoms with van der Waals surface area (Å²) >= 11 is 5.97. The van der Waals surface area contributed by atoms with E-state index in [1.54, 1.807) is 60.7 Å². The molecule has 1 amide bonds. The van der Waals surface area contributed by atoms with Crippen LogP contribution in [-0.2, 0) is 14.8 Å². The molecule has 0 heterocycles. The third-order valence-corrected chi connectivity index (χ3v) is 6.60. The number of rotatable bonds is 9. The van der Waals surface area contributed by atoms with Crippen molar-refractivity contribution < 1.29 is 22.7 Å². The average molecular weight is 489 g/mol. The molecule has 33 heavy (non-hydrogen) atoms. The van der Waals surface area contributed by atoms with Gasteiger partial charge in [-0.3, -0.25) is 9.10 Å². The average Bonchev–Trinajstić information content (AvgIpc) is 2.79. The Kier molecular flexibility index (Phi) is 7.84. The predicted molar refractivity (Wildman–Crippen MR) is 130 cm³/mol. The number of hydrogen-bond donors (Lipinski definition) is 1. The van der Waals surface area contributed by atoms with Crippen molar-refractivity contribution in [1.29, 1.82) is 0 Å². The summed E-state index contributed by atoms with van der Waals surface area (Å²) in [6.45, 7) is 3.41. The van der Waals surface area contributed by atoms with Gasteiger partial charge in [-0.2, -0.15) is 0 Å². The molecule has 0 aliphatic carbocycles. The molecule has 0 fully saturated rings. The molecule has 9 heteroatoms. The molecule has 0 unspecified atom stereocenters. The van der Waals surface area contributed by atoms with Gasteiger partial charge in [0.05, 0.1) is 23.8 Å². The van der Waals surface area contributed by atoms with E-state index >= 15 is 0 Å². The Morgan fingerprint density at radius 1 is 0.939 bits per heavy atom. The Balaban J connectivity index is 1.85. The molecule has 1 N–H and O–H groups in total. The summed E-state index contributed by atoms with van der Waals surface area (Å²) in [6.07, 6.45) is 0.0292. The van der Waals surface area contributed by atoms with Crippen molar-refractivity contribution in [2.24, 2.45) is 0 Å². The lowest BCUT2D eigenvalue weighted by Crippen LogP contribution is -2.38. The molecule has 0 aliphatic rings. The lowest BCUT2D eigenvalue weighted by molar-refractivity contribution is -0.114.